The number of anilines is 1. The van der Waals surface area contributed by atoms with Crippen LogP contribution in [-0.4, -0.2) is 13.0 Å². The summed E-state index contributed by atoms with van der Waals surface area (Å²) in [4.78, 5) is 11.3. The second-order valence-corrected chi connectivity index (χ2v) is 4.20. The van der Waals surface area contributed by atoms with Gasteiger partial charge in [-0.3, -0.25) is 4.79 Å². The molecular formula is C16H17NO3. The van der Waals surface area contributed by atoms with Crippen LogP contribution in [0.5, 0.6) is 17.2 Å². The van der Waals surface area contributed by atoms with Gasteiger partial charge in [0.1, 0.15) is 17.2 Å². The molecule has 1 N–H and O–H groups in total. The van der Waals surface area contributed by atoms with Crippen LogP contribution in [0.15, 0.2) is 48.5 Å². The van der Waals surface area contributed by atoms with Crippen molar-refractivity contribution in [2.75, 3.05) is 12.4 Å². The van der Waals surface area contributed by atoms with E-state index in [1.54, 1.807) is 7.11 Å². The van der Waals surface area contributed by atoms with Crippen LogP contribution < -0.4 is 14.8 Å². The van der Waals surface area contributed by atoms with E-state index >= 15 is 0 Å². The molecule has 0 atom stereocenters. The van der Waals surface area contributed by atoms with E-state index in [0.29, 0.717) is 12.2 Å². The number of carbonyl (C=O) groups excluding carboxylic acids is 1. The van der Waals surface area contributed by atoms with Gasteiger partial charge in [0, 0.05) is 12.1 Å². The van der Waals surface area contributed by atoms with Crippen molar-refractivity contribution < 1.29 is 14.3 Å². The zero-order valence-electron chi connectivity index (χ0n) is 11.6. The molecule has 0 aliphatic heterocycles. The first-order chi connectivity index (χ1) is 9.71. The molecule has 2 rings (SSSR count). The highest BCUT2D eigenvalue weighted by Crippen LogP contribution is 2.24. The molecule has 2 aromatic carbocycles. The minimum Gasteiger partial charge on any atom is -0.497 e. The van der Waals surface area contributed by atoms with Crippen molar-refractivity contribution >= 4 is 11.6 Å². The van der Waals surface area contributed by atoms with Crippen LogP contribution in [0.1, 0.15) is 13.3 Å². The minimum atomic E-state index is -0.00572. The van der Waals surface area contributed by atoms with Crippen LogP contribution in [0.3, 0.4) is 0 Å². The number of ether oxygens (including phenoxy) is 2. The van der Waals surface area contributed by atoms with E-state index in [0.717, 1.165) is 17.2 Å². The van der Waals surface area contributed by atoms with Crippen molar-refractivity contribution in [1.82, 2.24) is 0 Å². The van der Waals surface area contributed by atoms with Crippen LogP contribution in [0.4, 0.5) is 5.69 Å². The lowest BCUT2D eigenvalue weighted by atomic mass is 10.3. The standard InChI is InChI=1S/C16H17NO3/c1-3-16(18)17-12-4-6-14(7-5-12)20-15-10-8-13(19-2)9-11-15/h4-11H,3H2,1-2H3,(H,17,18). The summed E-state index contributed by atoms with van der Waals surface area (Å²) in [6.45, 7) is 1.82. The fourth-order valence-corrected chi connectivity index (χ4v) is 1.64. The van der Waals surface area contributed by atoms with Crippen molar-refractivity contribution in [3.63, 3.8) is 0 Å². The Morgan fingerprint density at radius 1 is 0.950 bits per heavy atom. The summed E-state index contributed by atoms with van der Waals surface area (Å²) in [5.74, 6) is 2.23. The lowest BCUT2D eigenvalue weighted by Gasteiger charge is -2.08. The first-order valence-corrected chi connectivity index (χ1v) is 6.43. The highest BCUT2D eigenvalue weighted by atomic mass is 16.5. The molecule has 0 bridgehead atoms. The molecule has 4 nitrogen and oxygen atoms in total. The molecule has 0 unspecified atom stereocenters. The number of nitrogens with one attached hydrogen (secondary N) is 1. The van der Waals surface area contributed by atoms with Gasteiger partial charge >= 0.3 is 0 Å². The molecule has 0 aromatic heterocycles. The third kappa shape index (κ3) is 3.75. The minimum absolute atomic E-state index is 0.00572. The second kappa shape index (κ2) is 6.61. The molecule has 0 saturated carbocycles. The molecule has 0 aliphatic rings. The van der Waals surface area contributed by atoms with E-state index < -0.39 is 0 Å². The highest BCUT2D eigenvalue weighted by molar-refractivity contribution is 5.90. The summed E-state index contributed by atoms with van der Waals surface area (Å²) >= 11 is 0. The summed E-state index contributed by atoms with van der Waals surface area (Å²) in [6.07, 6.45) is 0.462. The molecule has 0 radical (unpaired) electrons. The first-order valence-electron chi connectivity index (χ1n) is 6.43. The Kier molecular flexibility index (Phi) is 4.60. The average Bonchev–Trinajstić information content (AvgIpc) is 2.50. The number of hydrogen-bond acceptors (Lipinski definition) is 3. The van der Waals surface area contributed by atoms with Crippen molar-refractivity contribution in [2.45, 2.75) is 13.3 Å². The van der Waals surface area contributed by atoms with E-state index in [1.165, 1.54) is 0 Å². The molecule has 0 heterocycles. The number of hydrogen-bond donors (Lipinski definition) is 1. The van der Waals surface area contributed by atoms with Crippen molar-refractivity contribution in [3.05, 3.63) is 48.5 Å². The van der Waals surface area contributed by atoms with Gasteiger partial charge in [-0.1, -0.05) is 6.92 Å². The number of carbonyl (C=O) groups is 1. The number of amides is 1. The lowest BCUT2D eigenvalue weighted by Crippen LogP contribution is -2.08. The zero-order valence-corrected chi connectivity index (χ0v) is 11.6. The third-order valence-corrected chi connectivity index (χ3v) is 2.75. The average molecular weight is 271 g/mol. The largest absolute Gasteiger partial charge is 0.497 e. The van der Waals surface area contributed by atoms with Crippen molar-refractivity contribution in [2.24, 2.45) is 0 Å². The van der Waals surface area contributed by atoms with Gasteiger partial charge in [0.05, 0.1) is 7.11 Å². The van der Waals surface area contributed by atoms with Gasteiger partial charge in [0.25, 0.3) is 0 Å². The molecule has 2 aromatic rings. The molecule has 0 aliphatic carbocycles. The van der Waals surface area contributed by atoms with Crippen LogP contribution in [0, 0.1) is 0 Å². The molecule has 0 saturated heterocycles. The maximum atomic E-state index is 11.3. The van der Waals surface area contributed by atoms with E-state index in [-0.39, 0.29) is 5.91 Å². The molecule has 0 fully saturated rings. The third-order valence-electron chi connectivity index (χ3n) is 2.75. The SMILES string of the molecule is CCC(=O)Nc1ccc(Oc2ccc(OC)cc2)cc1. The molecule has 0 spiro atoms. The Hall–Kier alpha value is -2.49. The maximum absolute atomic E-state index is 11.3. The van der Waals surface area contributed by atoms with Crippen LogP contribution in [0.2, 0.25) is 0 Å². The van der Waals surface area contributed by atoms with E-state index in [2.05, 4.69) is 5.32 Å². The Morgan fingerprint density at radius 2 is 1.45 bits per heavy atom. The van der Waals surface area contributed by atoms with Crippen LogP contribution in [0.25, 0.3) is 0 Å². The normalized spacial score (nSPS) is 9.90. The van der Waals surface area contributed by atoms with Gasteiger partial charge in [-0.15, -0.1) is 0 Å². The van der Waals surface area contributed by atoms with Gasteiger partial charge in [-0.05, 0) is 48.5 Å². The van der Waals surface area contributed by atoms with E-state index in [1.807, 2.05) is 55.5 Å². The Labute approximate surface area is 118 Å². The molecule has 20 heavy (non-hydrogen) atoms. The van der Waals surface area contributed by atoms with Gasteiger partial charge in [0.2, 0.25) is 5.91 Å². The predicted octanol–water partition coefficient (Wildman–Crippen LogP) is 3.84. The number of rotatable bonds is 5. The van der Waals surface area contributed by atoms with Crippen molar-refractivity contribution in [1.29, 1.82) is 0 Å². The van der Waals surface area contributed by atoms with Gasteiger partial charge in [0.15, 0.2) is 0 Å². The van der Waals surface area contributed by atoms with E-state index in [9.17, 15) is 4.79 Å². The van der Waals surface area contributed by atoms with Gasteiger partial charge < -0.3 is 14.8 Å². The Bertz CT molecular complexity index is 561. The summed E-state index contributed by atoms with van der Waals surface area (Å²) in [5.41, 5.74) is 0.763. The van der Waals surface area contributed by atoms with E-state index in [4.69, 9.17) is 9.47 Å². The molecule has 1 amide bonds. The summed E-state index contributed by atoms with van der Waals surface area (Å²) in [6, 6.07) is 14.6. The maximum Gasteiger partial charge on any atom is 0.224 e. The lowest BCUT2D eigenvalue weighted by molar-refractivity contribution is -0.115. The van der Waals surface area contributed by atoms with Crippen LogP contribution in [-0.2, 0) is 4.79 Å². The summed E-state index contributed by atoms with van der Waals surface area (Å²) < 4.78 is 10.8. The van der Waals surface area contributed by atoms with Gasteiger partial charge in [-0.2, -0.15) is 0 Å². The number of methoxy groups -OCH3 is 1. The quantitative estimate of drug-likeness (QED) is 0.898. The zero-order chi connectivity index (χ0) is 14.4. The predicted molar refractivity (Wildman–Crippen MR) is 78.4 cm³/mol. The van der Waals surface area contributed by atoms with Crippen LogP contribution >= 0.6 is 0 Å². The topological polar surface area (TPSA) is 47.6 Å². The first kappa shape index (κ1) is 13.9. The summed E-state index contributed by atoms with van der Waals surface area (Å²) in [5, 5.41) is 2.79. The Balaban J connectivity index is 2.00. The summed E-state index contributed by atoms with van der Waals surface area (Å²) in [7, 11) is 1.62. The molecule has 104 valence electrons. The fraction of sp³-hybridized carbons (Fsp3) is 0.188. The van der Waals surface area contributed by atoms with Gasteiger partial charge in [-0.25, -0.2) is 0 Å². The fourth-order valence-electron chi connectivity index (χ4n) is 1.64. The van der Waals surface area contributed by atoms with Crippen molar-refractivity contribution in [3.8, 4) is 17.2 Å². The molecule has 4 heteroatoms. The second-order valence-electron chi connectivity index (χ2n) is 4.20. The number of benzene rings is 2. The Morgan fingerprint density at radius 3 is 1.95 bits per heavy atom. The smallest absolute Gasteiger partial charge is 0.224 e. The monoisotopic (exact) mass is 271 g/mol. The molecular weight excluding hydrogens is 254 g/mol. The highest BCUT2D eigenvalue weighted by Gasteiger charge is 2.01.